The van der Waals surface area contributed by atoms with Gasteiger partial charge in [0, 0.05) is 22.9 Å². The summed E-state index contributed by atoms with van der Waals surface area (Å²) in [5, 5.41) is 5.93. The van der Waals surface area contributed by atoms with Crippen LogP contribution in [-0.2, 0) is 11.3 Å². The number of hydrogen-bond acceptors (Lipinski definition) is 4. The van der Waals surface area contributed by atoms with Gasteiger partial charge < -0.3 is 16.4 Å². The number of anilines is 2. The quantitative estimate of drug-likeness (QED) is 0.480. The first-order chi connectivity index (χ1) is 15.0. The van der Waals surface area contributed by atoms with Gasteiger partial charge in [-0.05, 0) is 60.9 Å². The summed E-state index contributed by atoms with van der Waals surface area (Å²) >= 11 is 1.75. The molecule has 1 aliphatic carbocycles. The van der Waals surface area contributed by atoms with Crippen LogP contribution in [0, 0.1) is 5.92 Å². The number of benzene rings is 2. The molecule has 0 saturated heterocycles. The fourth-order valence-corrected chi connectivity index (χ4v) is 4.57. The van der Waals surface area contributed by atoms with Gasteiger partial charge in [0.05, 0.1) is 11.4 Å². The summed E-state index contributed by atoms with van der Waals surface area (Å²) in [5.41, 5.74) is 9.78. The van der Waals surface area contributed by atoms with Gasteiger partial charge in [0.1, 0.15) is 0 Å². The van der Waals surface area contributed by atoms with E-state index in [-0.39, 0.29) is 17.7 Å². The molecule has 3 rings (SSSR count). The lowest BCUT2D eigenvalue weighted by Crippen LogP contribution is -2.28. The average molecular weight is 438 g/mol. The number of rotatable bonds is 8. The molecule has 6 heteroatoms. The van der Waals surface area contributed by atoms with Gasteiger partial charge >= 0.3 is 0 Å². The van der Waals surface area contributed by atoms with E-state index in [9.17, 15) is 9.59 Å². The molecule has 1 fully saturated rings. The Bertz CT molecular complexity index is 948. The minimum absolute atomic E-state index is 0.136. The summed E-state index contributed by atoms with van der Waals surface area (Å²) in [6.45, 7) is 4.59. The van der Waals surface area contributed by atoms with Crippen molar-refractivity contribution in [2.24, 2.45) is 5.92 Å². The Hall–Kier alpha value is -2.73. The van der Waals surface area contributed by atoms with Gasteiger partial charge in [-0.1, -0.05) is 44.0 Å². The molecule has 2 amide bonds. The number of allylic oxidation sites excluding steroid dienone is 1. The number of thioether (sulfide) groups is 1. The highest BCUT2D eigenvalue weighted by Gasteiger charge is 2.22. The van der Waals surface area contributed by atoms with Crippen LogP contribution >= 0.6 is 11.8 Å². The van der Waals surface area contributed by atoms with Gasteiger partial charge in [-0.15, -0.1) is 11.8 Å². The molecule has 164 valence electrons. The second kappa shape index (κ2) is 11.0. The van der Waals surface area contributed by atoms with E-state index < -0.39 is 0 Å². The van der Waals surface area contributed by atoms with Crippen molar-refractivity contribution in [3.05, 3.63) is 65.2 Å². The van der Waals surface area contributed by atoms with Crippen molar-refractivity contribution in [2.45, 2.75) is 46.1 Å². The van der Waals surface area contributed by atoms with Crippen LogP contribution in [0.2, 0.25) is 0 Å². The Labute approximate surface area is 188 Å². The molecule has 4 N–H and O–H groups in total. The number of carbonyl (C=O) groups excluding carboxylic acids is 2. The molecule has 1 saturated carbocycles. The van der Waals surface area contributed by atoms with Crippen LogP contribution in [0.5, 0.6) is 0 Å². The highest BCUT2D eigenvalue weighted by Crippen LogP contribution is 2.31. The van der Waals surface area contributed by atoms with Crippen LogP contribution in [-0.4, -0.2) is 17.6 Å². The predicted molar refractivity (Wildman–Crippen MR) is 131 cm³/mol. The second-order valence-electron chi connectivity index (χ2n) is 7.74. The molecule has 0 aliphatic heterocycles. The van der Waals surface area contributed by atoms with Gasteiger partial charge in [-0.3, -0.25) is 9.59 Å². The van der Waals surface area contributed by atoms with E-state index in [2.05, 4.69) is 23.6 Å². The van der Waals surface area contributed by atoms with E-state index in [1.165, 1.54) is 0 Å². The Morgan fingerprint density at radius 2 is 1.77 bits per heavy atom. The van der Waals surface area contributed by atoms with Crippen LogP contribution < -0.4 is 16.4 Å². The van der Waals surface area contributed by atoms with Gasteiger partial charge in [0.2, 0.25) is 5.91 Å². The fraction of sp³-hybridized carbons (Fsp3) is 0.360. The molecular weight excluding hydrogens is 406 g/mol. The molecule has 0 spiro atoms. The van der Waals surface area contributed by atoms with Crippen LogP contribution in [0.15, 0.2) is 48.5 Å². The summed E-state index contributed by atoms with van der Waals surface area (Å²) in [7, 11) is 0. The first-order valence-corrected chi connectivity index (χ1v) is 11.9. The summed E-state index contributed by atoms with van der Waals surface area (Å²) in [4.78, 5) is 26.1. The number of nitrogens with two attached hydrogens (primary N) is 1. The maximum absolute atomic E-state index is 12.7. The first-order valence-electron chi connectivity index (χ1n) is 10.9. The highest BCUT2D eigenvalue weighted by molar-refractivity contribution is 8.08. The Morgan fingerprint density at radius 1 is 1.10 bits per heavy atom. The zero-order chi connectivity index (χ0) is 22.2. The molecule has 5 nitrogen and oxygen atoms in total. The molecule has 0 heterocycles. The maximum atomic E-state index is 12.7. The van der Waals surface area contributed by atoms with Crippen molar-refractivity contribution >= 4 is 39.9 Å². The standard InChI is InChI=1S/C25H31N3O2S/c1-3-23(31-4-2)20-13-14-21(26)22(15-20)28-25(30)19-11-9-17(10-12-19)16-27-24(29)18-7-5-6-8-18/h3,9-15,18H,4-8,16,26H2,1-2H3,(H,27,29)(H,28,30)/b23-3-. The average Bonchev–Trinajstić information content (AvgIpc) is 3.33. The van der Waals surface area contributed by atoms with E-state index in [4.69, 9.17) is 5.73 Å². The van der Waals surface area contributed by atoms with Gasteiger partial charge in [-0.25, -0.2) is 0 Å². The number of nitrogens with one attached hydrogen (secondary N) is 2. The molecule has 1 aliphatic rings. The zero-order valence-electron chi connectivity index (χ0n) is 18.2. The Kier molecular flexibility index (Phi) is 8.18. The molecule has 0 radical (unpaired) electrons. The topological polar surface area (TPSA) is 84.2 Å². The second-order valence-corrected chi connectivity index (χ2v) is 9.04. The fourth-order valence-electron chi connectivity index (χ4n) is 3.80. The van der Waals surface area contributed by atoms with Crippen molar-refractivity contribution < 1.29 is 9.59 Å². The predicted octanol–water partition coefficient (Wildman–Crippen LogP) is 5.44. The molecule has 31 heavy (non-hydrogen) atoms. The third kappa shape index (κ3) is 6.14. The van der Waals surface area contributed by atoms with Gasteiger partial charge in [0.15, 0.2) is 0 Å². The van der Waals surface area contributed by atoms with E-state index >= 15 is 0 Å². The third-order valence-corrected chi connectivity index (χ3v) is 6.63. The van der Waals surface area contributed by atoms with E-state index in [1.54, 1.807) is 23.9 Å². The normalized spacial score (nSPS) is 14.5. The Balaban J connectivity index is 1.62. The van der Waals surface area contributed by atoms with Crippen LogP contribution in [0.1, 0.15) is 61.0 Å². The van der Waals surface area contributed by atoms with Crippen molar-refractivity contribution in [1.82, 2.24) is 5.32 Å². The van der Waals surface area contributed by atoms with Crippen LogP contribution in [0.4, 0.5) is 11.4 Å². The lowest BCUT2D eigenvalue weighted by atomic mass is 10.1. The number of amides is 2. The molecule has 2 aromatic carbocycles. The first kappa shape index (κ1) is 22.9. The van der Waals surface area contributed by atoms with Crippen LogP contribution in [0.3, 0.4) is 0 Å². The zero-order valence-corrected chi connectivity index (χ0v) is 19.1. The number of nitrogen functional groups attached to an aromatic ring is 1. The molecule has 0 bridgehead atoms. The lowest BCUT2D eigenvalue weighted by Gasteiger charge is -2.13. The summed E-state index contributed by atoms with van der Waals surface area (Å²) in [6.07, 6.45) is 6.32. The van der Waals surface area contributed by atoms with Crippen molar-refractivity contribution in [2.75, 3.05) is 16.8 Å². The summed E-state index contributed by atoms with van der Waals surface area (Å²) < 4.78 is 0. The minimum atomic E-state index is -0.212. The van der Waals surface area contributed by atoms with Gasteiger partial charge in [-0.2, -0.15) is 0 Å². The van der Waals surface area contributed by atoms with Crippen molar-refractivity contribution in [3.8, 4) is 0 Å². The lowest BCUT2D eigenvalue weighted by molar-refractivity contribution is -0.124. The molecule has 0 unspecified atom stereocenters. The summed E-state index contributed by atoms with van der Waals surface area (Å²) in [5.74, 6) is 1.05. The van der Waals surface area contributed by atoms with E-state index in [0.29, 0.717) is 23.5 Å². The molecule has 2 aromatic rings. The van der Waals surface area contributed by atoms with Crippen molar-refractivity contribution in [3.63, 3.8) is 0 Å². The SMILES string of the molecule is C/C=C(\SCC)c1ccc(N)c(NC(=O)c2ccc(CNC(=O)C3CCCC3)cc2)c1. The molecule has 0 aromatic heterocycles. The smallest absolute Gasteiger partial charge is 0.255 e. The Morgan fingerprint density at radius 3 is 2.42 bits per heavy atom. The van der Waals surface area contributed by atoms with Crippen LogP contribution in [0.25, 0.3) is 4.91 Å². The minimum Gasteiger partial charge on any atom is -0.397 e. The highest BCUT2D eigenvalue weighted by atomic mass is 32.2. The van der Waals surface area contributed by atoms with E-state index in [1.807, 2.05) is 37.3 Å². The molecular formula is C25H31N3O2S. The largest absolute Gasteiger partial charge is 0.397 e. The third-order valence-electron chi connectivity index (χ3n) is 5.56. The van der Waals surface area contributed by atoms with Gasteiger partial charge in [0.25, 0.3) is 5.91 Å². The molecule has 0 atom stereocenters. The van der Waals surface area contributed by atoms with E-state index in [0.717, 1.165) is 47.5 Å². The number of hydrogen-bond donors (Lipinski definition) is 3. The summed E-state index contributed by atoms with van der Waals surface area (Å²) in [6, 6.07) is 13.0. The monoisotopic (exact) mass is 437 g/mol. The maximum Gasteiger partial charge on any atom is 0.255 e. The number of carbonyl (C=O) groups is 2. The van der Waals surface area contributed by atoms with Crippen molar-refractivity contribution in [1.29, 1.82) is 0 Å².